The molecular weight excluding hydrogens is 753 g/mol. The van der Waals surface area contributed by atoms with E-state index in [0.717, 1.165) is 38.5 Å². The Hall–Kier alpha value is -7.95. The minimum absolute atomic E-state index is 0.207. The Bertz CT molecular complexity index is 3770. The summed E-state index contributed by atoms with van der Waals surface area (Å²) in [6.07, 6.45) is 0. The van der Waals surface area contributed by atoms with E-state index in [2.05, 4.69) is 176 Å². The number of para-hydroxylation sites is 1. The Balaban J connectivity index is 1.16. The number of rotatable bonds is 4. The highest BCUT2D eigenvalue weighted by Crippen LogP contribution is 2.54. The third-order valence-corrected chi connectivity index (χ3v) is 13.4. The quantitative estimate of drug-likeness (QED) is 0.167. The monoisotopic (exact) mass is 790 g/mol. The average Bonchev–Trinajstić information content (AvgIpc) is 3.78. The van der Waals surface area contributed by atoms with Crippen LogP contribution in [0.5, 0.6) is 0 Å². The van der Waals surface area contributed by atoms with Crippen molar-refractivity contribution in [2.75, 3.05) is 0 Å². The van der Waals surface area contributed by atoms with Gasteiger partial charge in [0.15, 0.2) is 17.5 Å². The van der Waals surface area contributed by atoms with Crippen molar-refractivity contribution in [3.63, 3.8) is 0 Å². The molecule has 0 aliphatic heterocycles. The molecule has 4 nitrogen and oxygen atoms in total. The van der Waals surface area contributed by atoms with Crippen LogP contribution in [0.4, 0.5) is 0 Å². The van der Waals surface area contributed by atoms with Gasteiger partial charge in [-0.3, -0.25) is 0 Å². The highest BCUT2D eigenvalue weighted by atomic mass is 15.0. The topological polar surface area (TPSA) is 43.6 Å². The molecule has 2 aromatic heterocycles. The van der Waals surface area contributed by atoms with Crippen molar-refractivity contribution in [3.05, 3.63) is 205 Å². The zero-order chi connectivity index (χ0) is 41.1. The fourth-order valence-electron chi connectivity index (χ4n) is 10.6. The summed E-state index contributed by atoms with van der Waals surface area (Å²) < 4.78 is 2.52. The largest absolute Gasteiger partial charge is 0.309 e. The van der Waals surface area contributed by atoms with Crippen LogP contribution in [0.1, 0.15) is 25.0 Å². The first kappa shape index (κ1) is 34.9. The maximum Gasteiger partial charge on any atom is 0.164 e. The summed E-state index contributed by atoms with van der Waals surface area (Å²) in [6.45, 7) is 4.80. The van der Waals surface area contributed by atoms with Crippen molar-refractivity contribution in [3.8, 4) is 51.0 Å². The Morgan fingerprint density at radius 1 is 0.371 bits per heavy atom. The molecule has 0 amide bonds. The minimum Gasteiger partial charge on any atom is -0.309 e. The van der Waals surface area contributed by atoms with Gasteiger partial charge in [-0.2, -0.15) is 0 Å². The van der Waals surface area contributed by atoms with Crippen LogP contribution >= 0.6 is 0 Å². The Morgan fingerprint density at radius 2 is 0.903 bits per heavy atom. The molecule has 62 heavy (non-hydrogen) atoms. The normalized spacial score (nSPS) is 13.1. The second-order valence-electron chi connectivity index (χ2n) is 17.1. The fraction of sp³-hybridized carbons (Fsp3) is 0.0517. The van der Waals surface area contributed by atoms with Crippen molar-refractivity contribution in [1.82, 2.24) is 19.5 Å². The Kier molecular flexibility index (Phi) is 7.32. The highest BCUT2D eigenvalue weighted by molar-refractivity contribution is 6.30. The summed E-state index contributed by atoms with van der Waals surface area (Å²) in [7, 11) is 0. The van der Waals surface area contributed by atoms with Gasteiger partial charge in [-0.05, 0) is 84.9 Å². The molecule has 1 aliphatic rings. The van der Waals surface area contributed by atoms with Crippen LogP contribution in [0, 0.1) is 0 Å². The first-order chi connectivity index (χ1) is 30.5. The van der Waals surface area contributed by atoms with Crippen molar-refractivity contribution in [2.45, 2.75) is 19.3 Å². The van der Waals surface area contributed by atoms with Gasteiger partial charge in [-0.25, -0.2) is 15.0 Å². The van der Waals surface area contributed by atoms with Crippen molar-refractivity contribution < 1.29 is 0 Å². The van der Waals surface area contributed by atoms with Gasteiger partial charge in [0.2, 0.25) is 0 Å². The molecule has 13 rings (SSSR count). The van der Waals surface area contributed by atoms with E-state index in [4.69, 9.17) is 15.0 Å². The molecule has 4 heteroatoms. The average molecular weight is 791 g/mol. The minimum atomic E-state index is -0.207. The number of benzene rings is 10. The molecule has 0 bridgehead atoms. The van der Waals surface area contributed by atoms with E-state index in [1.807, 2.05) is 36.4 Å². The molecular formula is C58H38N4. The summed E-state index contributed by atoms with van der Waals surface area (Å²) in [4.78, 5) is 15.7. The van der Waals surface area contributed by atoms with Gasteiger partial charge < -0.3 is 4.57 Å². The summed E-state index contributed by atoms with van der Waals surface area (Å²) in [5, 5.41) is 12.1. The van der Waals surface area contributed by atoms with Crippen molar-refractivity contribution in [2.24, 2.45) is 0 Å². The van der Waals surface area contributed by atoms with Crippen molar-refractivity contribution >= 4 is 64.9 Å². The van der Waals surface area contributed by atoms with E-state index in [1.165, 1.54) is 71.0 Å². The molecule has 0 saturated heterocycles. The zero-order valence-electron chi connectivity index (χ0n) is 34.3. The SMILES string of the molecule is CC1(C)c2cc3c(cc2-c2ccc4ccccc4c21)c1ccccc1n3-c1ccc(-c2nc(-c3ccccc3)nc(-c3ccccc3)n2)c2c3ccccc3c3ccccc3c12. The first-order valence-corrected chi connectivity index (χ1v) is 21.4. The Labute approximate surface area is 358 Å². The van der Waals surface area contributed by atoms with E-state index in [1.54, 1.807) is 0 Å². The molecule has 2 heterocycles. The zero-order valence-corrected chi connectivity index (χ0v) is 34.3. The lowest BCUT2D eigenvalue weighted by molar-refractivity contribution is 0.667. The van der Waals surface area contributed by atoms with Gasteiger partial charge in [0.05, 0.1) is 16.7 Å². The van der Waals surface area contributed by atoms with E-state index in [-0.39, 0.29) is 5.41 Å². The molecule has 1 aliphatic carbocycles. The standard InChI is InChI=1S/C58H38N4/c1-58(2)48-34-51-47(33-46(48)44-30-29-35-17-9-10-22-38(35)54(44)58)41-25-15-16-28-49(41)62(51)50-32-31-45(52-42-26-13-11-23-39(42)40-24-12-14-27-43(40)53(50)52)57-60-55(36-18-5-3-6-19-36)59-56(61-57)37-20-7-4-8-21-37/h3-34H,1-2H3. The Morgan fingerprint density at radius 3 is 1.58 bits per heavy atom. The van der Waals surface area contributed by atoms with Crippen LogP contribution < -0.4 is 0 Å². The summed E-state index contributed by atoms with van der Waals surface area (Å²) in [6, 6.07) is 70.0. The third kappa shape index (κ3) is 4.92. The molecule has 10 aromatic carbocycles. The lowest BCUT2D eigenvalue weighted by Crippen LogP contribution is -2.15. The fourth-order valence-corrected chi connectivity index (χ4v) is 10.6. The van der Waals surface area contributed by atoms with Gasteiger partial charge in [0, 0.05) is 43.7 Å². The van der Waals surface area contributed by atoms with Crippen LogP contribution in [0.25, 0.3) is 116 Å². The second-order valence-corrected chi connectivity index (χ2v) is 17.1. The van der Waals surface area contributed by atoms with Crippen LogP contribution in [-0.2, 0) is 5.41 Å². The maximum absolute atomic E-state index is 5.30. The summed E-state index contributed by atoms with van der Waals surface area (Å²) >= 11 is 0. The molecule has 12 aromatic rings. The molecule has 0 N–H and O–H groups in total. The van der Waals surface area contributed by atoms with Gasteiger partial charge >= 0.3 is 0 Å². The first-order valence-electron chi connectivity index (χ1n) is 21.4. The maximum atomic E-state index is 5.30. The number of fused-ring (bicyclic) bond motifs is 14. The van der Waals surface area contributed by atoms with Crippen LogP contribution in [0.15, 0.2) is 194 Å². The van der Waals surface area contributed by atoms with E-state index in [9.17, 15) is 0 Å². The predicted molar refractivity (Wildman–Crippen MR) is 258 cm³/mol. The second kappa shape index (κ2) is 13.0. The number of hydrogen-bond acceptors (Lipinski definition) is 3. The van der Waals surface area contributed by atoms with Gasteiger partial charge in [-0.1, -0.05) is 178 Å². The number of aromatic nitrogens is 4. The molecule has 0 atom stereocenters. The summed E-state index contributed by atoms with van der Waals surface area (Å²) in [5.74, 6) is 1.93. The predicted octanol–water partition coefficient (Wildman–Crippen LogP) is 14.9. The molecule has 0 unspecified atom stereocenters. The van der Waals surface area contributed by atoms with Gasteiger partial charge in [0.1, 0.15) is 0 Å². The highest BCUT2D eigenvalue weighted by Gasteiger charge is 2.38. The number of hydrogen-bond donors (Lipinski definition) is 0. The van der Waals surface area contributed by atoms with E-state index >= 15 is 0 Å². The lowest BCUT2D eigenvalue weighted by atomic mass is 9.80. The van der Waals surface area contributed by atoms with Crippen molar-refractivity contribution in [1.29, 1.82) is 0 Å². The molecule has 0 spiro atoms. The van der Waals surface area contributed by atoms with Crippen LogP contribution in [0.3, 0.4) is 0 Å². The lowest BCUT2D eigenvalue weighted by Gasteiger charge is -2.23. The van der Waals surface area contributed by atoms with Crippen LogP contribution in [-0.4, -0.2) is 19.5 Å². The summed E-state index contributed by atoms with van der Waals surface area (Å²) in [5.41, 5.74) is 11.5. The number of nitrogens with zero attached hydrogens (tertiary/aromatic N) is 4. The molecule has 0 saturated carbocycles. The van der Waals surface area contributed by atoms with Gasteiger partial charge in [0.25, 0.3) is 0 Å². The van der Waals surface area contributed by atoms with Gasteiger partial charge in [-0.15, -0.1) is 0 Å². The van der Waals surface area contributed by atoms with E-state index < -0.39 is 0 Å². The molecule has 0 fully saturated rings. The molecule has 290 valence electrons. The van der Waals surface area contributed by atoms with E-state index in [0.29, 0.717) is 17.5 Å². The molecule has 0 radical (unpaired) electrons. The third-order valence-electron chi connectivity index (χ3n) is 13.4. The smallest absolute Gasteiger partial charge is 0.164 e. The van der Waals surface area contributed by atoms with Crippen LogP contribution in [0.2, 0.25) is 0 Å².